The average Bonchev–Trinajstić information content (AvgIpc) is 2.46. The summed E-state index contributed by atoms with van der Waals surface area (Å²) in [5.74, 6) is 0.496. The normalized spacial score (nSPS) is 10.2. The standard InChI is InChI=1S/C16H15FO2/c1-19-15-9-2-12(3-10-15)4-11-16(18)13-5-7-14(17)8-6-13/h2-3,5-10H,4,11H2,1H3. The predicted octanol–water partition coefficient (Wildman–Crippen LogP) is 3.65. The van der Waals surface area contributed by atoms with Gasteiger partial charge in [-0.05, 0) is 48.4 Å². The highest BCUT2D eigenvalue weighted by molar-refractivity contribution is 5.96. The second-order valence-electron chi connectivity index (χ2n) is 4.28. The molecule has 0 N–H and O–H groups in total. The Morgan fingerprint density at radius 1 is 1.05 bits per heavy atom. The molecule has 0 aliphatic rings. The number of ketones is 1. The minimum atomic E-state index is -0.327. The molecule has 0 heterocycles. The summed E-state index contributed by atoms with van der Waals surface area (Å²) in [6.07, 6.45) is 1.08. The Morgan fingerprint density at radius 2 is 1.68 bits per heavy atom. The van der Waals surface area contributed by atoms with Crippen LogP contribution in [0.25, 0.3) is 0 Å². The summed E-state index contributed by atoms with van der Waals surface area (Å²) >= 11 is 0. The van der Waals surface area contributed by atoms with Crippen molar-refractivity contribution in [2.45, 2.75) is 12.8 Å². The molecule has 2 aromatic rings. The highest BCUT2D eigenvalue weighted by atomic mass is 19.1. The molecule has 3 heteroatoms. The molecule has 19 heavy (non-hydrogen) atoms. The van der Waals surface area contributed by atoms with Crippen LogP contribution >= 0.6 is 0 Å². The lowest BCUT2D eigenvalue weighted by molar-refractivity contribution is 0.0983. The lowest BCUT2D eigenvalue weighted by atomic mass is 10.0. The van der Waals surface area contributed by atoms with Crippen molar-refractivity contribution in [1.82, 2.24) is 0 Å². The van der Waals surface area contributed by atoms with Crippen LogP contribution in [-0.4, -0.2) is 12.9 Å². The van der Waals surface area contributed by atoms with Crippen molar-refractivity contribution in [1.29, 1.82) is 0 Å². The highest BCUT2D eigenvalue weighted by Crippen LogP contribution is 2.14. The molecule has 0 atom stereocenters. The van der Waals surface area contributed by atoms with Gasteiger partial charge in [-0.1, -0.05) is 12.1 Å². The van der Waals surface area contributed by atoms with Crippen LogP contribution in [0.4, 0.5) is 4.39 Å². The number of rotatable bonds is 5. The zero-order chi connectivity index (χ0) is 13.7. The minimum Gasteiger partial charge on any atom is -0.497 e. The van der Waals surface area contributed by atoms with Gasteiger partial charge in [0.1, 0.15) is 11.6 Å². The molecule has 0 spiro atoms. The summed E-state index contributed by atoms with van der Waals surface area (Å²) in [5, 5.41) is 0. The Bertz CT molecular complexity index is 544. The largest absolute Gasteiger partial charge is 0.497 e. The van der Waals surface area contributed by atoms with E-state index in [1.54, 1.807) is 7.11 Å². The quantitative estimate of drug-likeness (QED) is 0.765. The molecule has 2 rings (SSSR count). The zero-order valence-corrected chi connectivity index (χ0v) is 10.7. The number of methoxy groups -OCH3 is 1. The van der Waals surface area contributed by atoms with Crippen LogP contribution in [0.3, 0.4) is 0 Å². The van der Waals surface area contributed by atoms with Crippen LogP contribution in [0.1, 0.15) is 22.3 Å². The number of benzene rings is 2. The molecule has 0 radical (unpaired) electrons. The monoisotopic (exact) mass is 258 g/mol. The van der Waals surface area contributed by atoms with Crippen LogP contribution < -0.4 is 4.74 Å². The number of hydrogen-bond donors (Lipinski definition) is 0. The topological polar surface area (TPSA) is 26.3 Å². The number of carbonyl (C=O) groups is 1. The number of ether oxygens (including phenoxy) is 1. The molecule has 0 fully saturated rings. The third kappa shape index (κ3) is 3.65. The fraction of sp³-hybridized carbons (Fsp3) is 0.188. The summed E-state index contributed by atoms with van der Waals surface area (Å²) in [7, 11) is 1.62. The summed E-state index contributed by atoms with van der Waals surface area (Å²) in [6, 6.07) is 13.3. The van der Waals surface area contributed by atoms with Crippen molar-refractivity contribution in [3.63, 3.8) is 0 Å². The van der Waals surface area contributed by atoms with Crippen LogP contribution in [-0.2, 0) is 6.42 Å². The summed E-state index contributed by atoms with van der Waals surface area (Å²) in [4.78, 5) is 11.9. The first-order valence-corrected chi connectivity index (χ1v) is 6.11. The Morgan fingerprint density at radius 3 is 2.26 bits per heavy atom. The van der Waals surface area contributed by atoms with Crippen LogP contribution in [0.2, 0.25) is 0 Å². The molecular formula is C16H15FO2. The minimum absolute atomic E-state index is 0.0239. The summed E-state index contributed by atoms with van der Waals surface area (Å²) in [6.45, 7) is 0. The maximum absolute atomic E-state index is 12.7. The molecule has 0 bridgehead atoms. The van der Waals surface area contributed by atoms with E-state index in [0.717, 1.165) is 11.3 Å². The molecule has 0 saturated carbocycles. The molecule has 0 unspecified atom stereocenters. The number of Topliss-reactive ketones (excluding diaryl/α,β-unsaturated/α-hetero) is 1. The van der Waals surface area contributed by atoms with Gasteiger partial charge in [0, 0.05) is 12.0 Å². The third-order valence-electron chi connectivity index (χ3n) is 2.97. The maximum Gasteiger partial charge on any atom is 0.163 e. The van der Waals surface area contributed by atoms with Gasteiger partial charge >= 0.3 is 0 Å². The van der Waals surface area contributed by atoms with Gasteiger partial charge in [-0.2, -0.15) is 0 Å². The molecule has 0 aliphatic carbocycles. The maximum atomic E-state index is 12.7. The smallest absolute Gasteiger partial charge is 0.163 e. The van der Waals surface area contributed by atoms with E-state index in [1.807, 2.05) is 24.3 Å². The van der Waals surface area contributed by atoms with E-state index in [9.17, 15) is 9.18 Å². The van der Waals surface area contributed by atoms with E-state index < -0.39 is 0 Å². The molecule has 0 aliphatic heterocycles. The van der Waals surface area contributed by atoms with Crippen molar-refractivity contribution >= 4 is 5.78 Å². The van der Waals surface area contributed by atoms with Gasteiger partial charge in [0.2, 0.25) is 0 Å². The van der Waals surface area contributed by atoms with Gasteiger partial charge in [-0.3, -0.25) is 4.79 Å². The molecular weight excluding hydrogens is 243 g/mol. The van der Waals surface area contributed by atoms with Crippen molar-refractivity contribution in [3.05, 3.63) is 65.5 Å². The van der Waals surface area contributed by atoms with Gasteiger partial charge in [-0.25, -0.2) is 4.39 Å². The SMILES string of the molecule is COc1ccc(CCC(=O)c2ccc(F)cc2)cc1. The van der Waals surface area contributed by atoms with E-state index in [2.05, 4.69) is 0 Å². The molecule has 2 nitrogen and oxygen atoms in total. The first kappa shape index (κ1) is 13.3. The van der Waals surface area contributed by atoms with Crippen molar-refractivity contribution < 1.29 is 13.9 Å². The first-order chi connectivity index (χ1) is 9.19. The lowest BCUT2D eigenvalue weighted by Gasteiger charge is -2.03. The number of halogens is 1. The van der Waals surface area contributed by atoms with Gasteiger partial charge in [0.15, 0.2) is 5.78 Å². The molecule has 2 aromatic carbocycles. The Balaban J connectivity index is 1.94. The van der Waals surface area contributed by atoms with E-state index in [-0.39, 0.29) is 11.6 Å². The molecule has 98 valence electrons. The van der Waals surface area contributed by atoms with E-state index in [1.165, 1.54) is 24.3 Å². The van der Waals surface area contributed by atoms with Gasteiger partial charge in [0.25, 0.3) is 0 Å². The van der Waals surface area contributed by atoms with E-state index in [0.29, 0.717) is 18.4 Å². The Kier molecular flexibility index (Phi) is 4.29. The Hall–Kier alpha value is -2.16. The van der Waals surface area contributed by atoms with Crippen LogP contribution in [0, 0.1) is 5.82 Å². The molecule has 0 aromatic heterocycles. The lowest BCUT2D eigenvalue weighted by Crippen LogP contribution is -2.01. The van der Waals surface area contributed by atoms with Gasteiger partial charge in [-0.15, -0.1) is 0 Å². The van der Waals surface area contributed by atoms with E-state index >= 15 is 0 Å². The highest BCUT2D eigenvalue weighted by Gasteiger charge is 2.06. The summed E-state index contributed by atoms with van der Waals surface area (Å²) in [5.41, 5.74) is 1.63. The Labute approximate surface area is 111 Å². The second kappa shape index (κ2) is 6.14. The fourth-order valence-electron chi connectivity index (χ4n) is 1.83. The predicted molar refractivity (Wildman–Crippen MR) is 72.0 cm³/mol. The fourth-order valence-corrected chi connectivity index (χ4v) is 1.83. The zero-order valence-electron chi connectivity index (χ0n) is 10.7. The van der Waals surface area contributed by atoms with Crippen LogP contribution in [0.15, 0.2) is 48.5 Å². The van der Waals surface area contributed by atoms with Gasteiger partial charge < -0.3 is 4.74 Å². The molecule has 0 amide bonds. The number of carbonyl (C=O) groups excluding carboxylic acids is 1. The van der Waals surface area contributed by atoms with Crippen molar-refractivity contribution in [2.75, 3.05) is 7.11 Å². The number of hydrogen-bond acceptors (Lipinski definition) is 2. The first-order valence-electron chi connectivity index (χ1n) is 6.11. The van der Waals surface area contributed by atoms with Crippen molar-refractivity contribution in [3.8, 4) is 5.75 Å². The number of aryl methyl sites for hydroxylation is 1. The van der Waals surface area contributed by atoms with Gasteiger partial charge in [0.05, 0.1) is 7.11 Å². The summed E-state index contributed by atoms with van der Waals surface area (Å²) < 4.78 is 17.8. The average molecular weight is 258 g/mol. The third-order valence-corrected chi connectivity index (χ3v) is 2.97. The van der Waals surface area contributed by atoms with Crippen LogP contribution in [0.5, 0.6) is 5.75 Å². The second-order valence-corrected chi connectivity index (χ2v) is 4.28. The molecule has 0 saturated heterocycles. The van der Waals surface area contributed by atoms with Crippen molar-refractivity contribution in [2.24, 2.45) is 0 Å². The van der Waals surface area contributed by atoms with E-state index in [4.69, 9.17) is 4.74 Å².